The summed E-state index contributed by atoms with van der Waals surface area (Å²) in [6, 6.07) is 6.38. The highest BCUT2D eigenvalue weighted by Crippen LogP contribution is 2.40. The van der Waals surface area contributed by atoms with Crippen LogP contribution in [0.15, 0.2) is 18.2 Å². The van der Waals surface area contributed by atoms with Crippen LogP contribution in [0.4, 0.5) is 0 Å². The van der Waals surface area contributed by atoms with Gasteiger partial charge in [0, 0.05) is 11.1 Å². The molecule has 1 aliphatic rings. The maximum atomic E-state index is 6.05. The smallest absolute Gasteiger partial charge is 0.0493 e. The van der Waals surface area contributed by atoms with Crippen molar-refractivity contribution in [2.75, 3.05) is 0 Å². The largest absolute Gasteiger partial charge is 0.271 e. The summed E-state index contributed by atoms with van der Waals surface area (Å²) in [6.45, 7) is 4.42. The number of hydrazine groups is 1. The highest BCUT2D eigenvalue weighted by molar-refractivity contribution is 6.30. The van der Waals surface area contributed by atoms with Crippen LogP contribution in [-0.2, 0) is 0 Å². The van der Waals surface area contributed by atoms with Gasteiger partial charge < -0.3 is 0 Å². The zero-order valence-electron chi connectivity index (χ0n) is 12.0. The molecule has 0 saturated heterocycles. The fraction of sp³-hybridized carbons (Fsp3) is 0.625. The first-order valence-corrected chi connectivity index (χ1v) is 7.77. The molecule has 0 spiro atoms. The third-order valence-electron chi connectivity index (χ3n) is 4.67. The first kappa shape index (κ1) is 14.8. The van der Waals surface area contributed by atoms with Crippen LogP contribution < -0.4 is 11.3 Å². The van der Waals surface area contributed by atoms with E-state index in [1.165, 1.54) is 43.2 Å². The Morgan fingerprint density at radius 3 is 2.74 bits per heavy atom. The maximum Gasteiger partial charge on any atom is 0.0493 e. The molecule has 0 amide bonds. The molecule has 3 atom stereocenters. The van der Waals surface area contributed by atoms with E-state index in [0.29, 0.717) is 5.92 Å². The van der Waals surface area contributed by atoms with Gasteiger partial charge in [0.1, 0.15) is 0 Å². The van der Waals surface area contributed by atoms with Crippen molar-refractivity contribution in [1.29, 1.82) is 0 Å². The number of rotatable bonds is 4. The monoisotopic (exact) mass is 280 g/mol. The molecule has 3 heteroatoms. The van der Waals surface area contributed by atoms with Crippen molar-refractivity contribution in [1.82, 2.24) is 5.43 Å². The van der Waals surface area contributed by atoms with Crippen molar-refractivity contribution in [2.24, 2.45) is 17.7 Å². The predicted molar refractivity (Wildman–Crippen MR) is 82.0 cm³/mol. The van der Waals surface area contributed by atoms with Crippen molar-refractivity contribution in [3.63, 3.8) is 0 Å². The topological polar surface area (TPSA) is 38.0 Å². The molecule has 106 valence electrons. The Labute approximate surface area is 121 Å². The summed E-state index contributed by atoms with van der Waals surface area (Å²) in [4.78, 5) is 0. The summed E-state index contributed by atoms with van der Waals surface area (Å²) in [5.41, 5.74) is 5.60. The molecule has 0 heterocycles. The third kappa shape index (κ3) is 3.31. The number of benzene rings is 1. The van der Waals surface area contributed by atoms with Crippen LogP contribution in [0.2, 0.25) is 5.02 Å². The van der Waals surface area contributed by atoms with E-state index in [4.69, 9.17) is 17.4 Å². The number of aryl methyl sites for hydroxylation is 1. The van der Waals surface area contributed by atoms with Gasteiger partial charge in [-0.1, -0.05) is 50.3 Å². The minimum atomic E-state index is 0.252. The zero-order valence-corrected chi connectivity index (χ0v) is 12.7. The molecule has 3 unspecified atom stereocenters. The van der Waals surface area contributed by atoms with Gasteiger partial charge in [0.2, 0.25) is 0 Å². The van der Waals surface area contributed by atoms with E-state index >= 15 is 0 Å². The first-order chi connectivity index (χ1) is 9.17. The van der Waals surface area contributed by atoms with Crippen molar-refractivity contribution < 1.29 is 0 Å². The molecule has 1 fully saturated rings. The van der Waals surface area contributed by atoms with Crippen LogP contribution in [-0.4, -0.2) is 0 Å². The first-order valence-electron chi connectivity index (χ1n) is 7.39. The third-order valence-corrected chi connectivity index (χ3v) is 4.90. The average molecular weight is 281 g/mol. The summed E-state index contributed by atoms with van der Waals surface area (Å²) < 4.78 is 0. The van der Waals surface area contributed by atoms with E-state index < -0.39 is 0 Å². The Morgan fingerprint density at radius 1 is 1.37 bits per heavy atom. The lowest BCUT2D eigenvalue weighted by molar-refractivity contribution is 0.175. The van der Waals surface area contributed by atoms with Gasteiger partial charge in [-0.3, -0.25) is 11.3 Å². The molecule has 19 heavy (non-hydrogen) atoms. The van der Waals surface area contributed by atoms with E-state index in [9.17, 15) is 0 Å². The zero-order chi connectivity index (χ0) is 13.8. The Balaban J connectivity index is 2.27. The molecule has 0 bridgehead atoms. The molecule has 1 aromatic carbocycles. The minimum absolute atomic E-state index is 0.252. The fourth-order valence-corrected chi connectivity index (χ4v) is 3.84. The van der Waals surface area contributed by atoms with Crippen LogP contribution in [0.3, 0.4) is 0 Å². The summed E-state index contributed by atoms with van der Waals surface area (Å²) in [7, 11) is 0. The van der Waals surface area contributed by atoms with Gasteiger partial charge in [-0.15, -0.1) is 0 Å². The number of hydrogen-bond donors (Lipinski definition) is 2. The molecule has 2 rings (SSSR count). The van der Waals surface area contributed by atoms with E-state index in [2.05, 4.69) is 25.3 Å². The standard InChI is InChI=1S/C16H25ClN2/c1-3-12-6-4-5-7-15(12)16(19-18)14-9-8-13(17)10-11(14)2/h8-10,12,15-16,19H,3-7,18H2,1-2H3. The highest BCUT2D eigenvalue weighted by atomic mass is 35.5. The molecule has 0 aromatic heterocycles. The Kier molecular flexibility index (Phi) is 5.26. The predicted octanol–water partition coefficient (Wildman–Crippen LogP) is 4.37. The molecular weight excluding hydrogens is 256 g/mol. The van der Waals surface area contributed by atoms with E-state index in [1.54, 1.807) is 0 Å². The van der Waals surface area contributed by atoms with Crippen molar-refractivity contribution in [3.05, 3.63) is 34.3 Å². The van der Waals surface area contributed by atoms with Crippen molar-refractivity contribution >= 4 is 11.6 Å². The molecule has 3 N–H and O–H groups in total. The average Bonchev–Trinajstić information content (AvgIpc) is 2.42. The number of nitrogens with two attached hydrogens (primary N) is 1. The highest BCUT2D eigenvalue weighted by Gasteiger charge is 2.31. The van der Waals surface area contributed by atoms with Crippen LogP contribution in [0.5, 0.6) is 0 Å². The maximum absolute atomic E-state index is 6.05. The second-order valence-electron chi connectivity index (χ2n) is 5.76. The minimum Gasteiger partial charge on any atom is -0.271 e. The van der Waals surface area contributed by atoms with Gasteiger partial charge in [-0.05, 0) is 48.4 Å². The summed E-state index contributed by atoms with van der Waals surface area (Å²) in [5.74, 6) is 7.30. The van der Waals surface area contributed by atoms with E-state index in [1.807, 2.05) is 12.1 Å². The lowest BCUT2D eigenvalue weighted by Crippen LogP contribution is -2.38. The van der Waals surface area contributed by atoms with Gasteiger partial charge in [0.05, 0.1) is 0 Å². The Bertz CT molecular complexity index is 419. The Hall–Kier alpha value is -0.570. The molecule has 1 saturated carbocycles. The van der Waals surface area contributed by atoms with Crippen LogP contribution in [0.25, 0.3) is 0 Å². The molecule has 2 nitrogen and oxygen atoms in total. The molecule has 0 radical (unpaired) electrons. The quantitative estimate of drug-likeness (QED) is 0.635. The van der Waals surface area contributed by atoms with Gasteiger partial charge in [0.25, 0.3) is 0 Å². The lowest BCUT2D eigenvalue weighted by Gasteiger charge is -2.37. The van der Waals surface area contributed by atoms with Gasteiger partial charge >= 0.3 is 0 Å². The summed E-state index contributed by atoms with van der Waals surface area (Å²) in [6.07, 6.45) is 6.55. The SMILES string of the molecule is CCC1CCCCC1C(NN)c1ccc(Cl)cc1C. The van der Waals surface area contributed by atoms with Gasteiger partial charge in [-0.25, -0.2) is 0 Å². The second kappa shape index (κ2) is 6.74. The number of nitrogens with one attached hydrogen (secondary N) is 1. The number of hydrogen-bond acceptors (Lipinski definition) is 2. The molecule has 1 aromatic rings. The van der Waals surface area contributed by atoms with Crippen LogP contribution in [0, 0.1) is 18.8 Å². The van der Waals surface area contributed by atoms with Gasteiger partial charge in [-0.2, -0.15) is 0 Å². The van der Waals surface area contributed by atoms with Gasteiger partial charge in [0.15, 0.2) is 0 Å². The number of halogens is 1. The lowest BCUT2D eigenvalue weighted by atomic mass is 9.72. The van der Waals surface area contributed by atoms with Crippen molar-refractivity contribution in [2.45, 2.75) is 52.0 Å². The molecule has 1 aliphatic carbocycles. The second-order valence-corrected chi connectivity index (χ2v) is 6.20. The van der Waals surface area contributed by atoms with E-state index in [-0.39, 0.29) is 6.04 Å². The normalized spacial score (nSPS) is 25.3. The van der Waals surface area contributed by atoms with Crippen LogP contribution in [0.1, 0.15) is 56.2 Å². The summed E-state index contributed by atoms with van der Waals surface area (Å²) >= 11 is 6.05. The van der Waals surface area contributed by atoms with E-state index in [0.717, 1.165) is 10.9 Å². The Morgan fingerprint density at radius 2 is 2.11 bits per heavy atom. The molecular formula is C16H25ClN2. The summed E-state index contributed by atoms with van der Waals surface area (Å²) in [5, 5.41) is 0.799. The molecule has 0 aliphatic heterocycles. The van der Waals surface area contributed by atoms with Crippen molar-refractivity contribution in [3.8, 4) is 0 Å². The fourth-order valence-electron chi connectivity index (χ4n) is 3.61. The van der Waals surface area contributed by atoms with Crippen LogP contribution >= 0.6 is 11.6 Å².